The van der Waals surface area contributed by atoms with E-state index in [1.807, 2.05) is 83.8 Å². The number of aliphatic hydroxyl groups excluding tert-OH is 1. The third kappa shape index (κ3) is 5.78. The summed E-state index contributed by atoms with van der Waals surface area (Å²) in [6.45, 7) is 2.35. The van der Waals surface area contributed by atoms with Crippen molar-refractivity contribution in [1.29, 1.82) is 0 Å². The summed E-state index contributed by atoms with van der Waals surface area (Å²) < 4.78 is 10.4. The number of nitrogens with zero attached hydrogens (tertiary/aromatic N) is 1. The lowest BCUT2D eigenvalue weighted by Crippen LogP contribution is -2.41. The van der Waals surface area contributed by atoms with Crippen LogP contribution in [0.2, 0.25) is 5.02 Å². The molecule has 0 saturated heterocycles. The first-order chi connectivity index (χ1) is 15.0. The zero-order valence-electron chi connectivity index (χ0n) is 17.6. The predicted octanol–water partition coefficient (Wildman–Crippen LogP) is 5.02. The highest BCUT2D eigenvalue weighted by Gasteiger charge is 2.34. The van der Waals surface area contributed by atoms with Crippen molar-refractivity contribution in [3.8, 4) is 5.75 Å². The Morgan fingerprint density at radius 2 is 1.65 bits per heavy atom. The smallest absolute Gasteiger partial charge is 0.337 e. The van der Waals surface area contributed by atoms with Gasteiger partial charge in [0.1, 0.15) is 5.75 Å². The Hall–Kier alpha value is -3.02. The lowest BCUT2D eigenvalue weighted by Gasteiger charge is -2.36. The van der Waals surface area contributed by atoms with Gasteiger partial charge in [-0.05, 0) is 54.4 Å². The summed E-state index contributed by atoms with van der Waals surface area (Å²) in [6.07, 6.45) is -1.38. The third-order valence-electron chi connectivity index (χ3n) is 4.97. The number of anilines is 1. The normalized spacial score (nSPS) is 12.6. The fourth-order valence-corrected chi connectivity index (χ4v) is 3.58. The molecule has 0 aliphatic carbocycles. The first kappa shape index (κ1) is 22.7. The molecule has 1 N–H and O–H groups in total. The summed E-state index contributed by atoms with van der Waals surface area (Å²) in [6, 6.07) is 23.8. The van der Waals surface area contributed by atoms with Crippen LogP contribution in [0.5, 0.6) is 5.75 Å². The van der Waals surface area contributed by atoms with E-state index in [9.17, 15) is 9.90 Å². The van der Waals surface area contributed by atoms with Gasteiger partial charge in [-0.15, -0.1) is 0 Å². The topological polar surface area (TPSA) is 59.0 Å². The second-order valence-electron chi connectivity index (χ2n) is 7.00. The molecule has 0 unspecified atom stereocenters. The van der Waals surface area contributed by atoms with Crippen LogP contribution in [0.25, 0.3) is 0 Å². The minimum Gasteiger partial charge on any atom is -0.497 e. The SMILES string of the molecule is CCOC(=O)[C@H](O)[C@H](c1ccccc1)N(Cc1ccc(Cl)cc1)c1ccc(OC)cc1. The lowest BCUT2D eigenvalue weighted by atomic mass is 9.97. The number of benzene rings is 3. The Morgan fingerprint density at radius 1 is 1.00 bits per heavy atom. The largest absolute Gasteiger partial charge is 0.497 e. The van der Waals surface area contributed by atoms with E-state index in [4.69, 9.17) is 21.1 Å². The molecule has 3 aromatic rings. The van der Waals surface area contributed by atoms with Crippen LogP contribution in [-0.4, -0.2) is 30.9 Å². The van der Waals surface area contributed by atoms with Crippen LogP contribution >= 0.6 is 11.6 Å². The van der Waals surface area contributed by atoms with Gasteiger partial charge < -0.3 is 19.5 Å². The fourth-order valence-electron chi connectivity index (χ4n) is 3.45. The Morgan fingerprint density at radius 3 is 2.23 bits per heavy atom. The number of hydrogen-bond donors (Lipinski definition) is 1. The number of aliphatic hydroxyl groups is 1. The number of rotatable bonds is 9. The molecule has 0 aliphatic heterocycles. The average molecular weight is 440 g/mol. The van der Waals surface area contributed by atoms with Gasteiger partial charge in [0.2, 0.25) is 0 Å². The van der Waals surface area contributed by atoms with Crippen LogP contribution in [0.3, 0.4) is 0 Å². The van der Waals surface area contributed by atoms with Gasteiger partial charge in [0.25, 0.3) is 0 Å². The second-order valence-corrected chi connectivity index (χ2v) is 7.44. The van der Waals surface area contributed by atoms with E-state index in [1.54, 1.807) is 14.0 Å². The molecule has 0 saturated carbocycles. The lowest BCUT2D eigenvalue weighted by molar-refractivity contribution is -0.154. The molecule has 0 aliphatic rings. The highest BCUT2D eigenvalue weighted by molar-refractivity contribution is 6.30. The van der Waals surface area contributed by atoms with E-state index in [0.29, 0.717) is 11.6 Å². The van der Waals surface area contributed by atoms with Gasteiger partial charge in [0.15, 0.2) is 6.10 Å². The maximum Gasteiger partial charge on any atom is 0.337 e. The number of carbonyl (C=O) groups is 1. The third-order valence-corrected chi connectivity index (χ3v) is 5.23. The zero-order chi connectivity index (χ0) is 22.2. The highest BCUT2D eigenvalue weighted by Crippen LogP contribution is 2.33. The molecule has 3 aromatic carbocycles. The monoisotopic (exact) mass is 439 g/mol. The molecule has 5 nitrogen and oxygen atoms in total. The van der Waals surface area contributed by atoms with Crippen LogP contribution in [0.1, 0.15) is 24.1 Å². The zero-order valence-corrected chi connectivity index (χ0v) is 18.3. The first-order valence-corrected chi connectivity index (χ1v) is 10.5. The number of carbonyl (C=O) groups excluding carboxylic acids is 1. The summed E-state index contributed by atoms with van der Waals surface area (Å²) in [5.74, 6) is 0.0587. The van der Waals surface area contributed by atoms with Crippen molar-refractivity contribution in [3.05, 3.63) is 95.0 Å². The van der Waals surface area contributed by atoms with Crippen molar-refractivity contribution >= 4 is 23.3 Å². The molecule has 3 rings (SSSR count). The van der Waals surface area contributed by atoms with Crippen molar-refractivity contribution in [2.45, 2.75) is 25.6 Å². The molecular formula is C25H26ClNO4. The van der Waals surface area contributed by atoms with E-state index in [-0.39, 0.29) is 6.61 Å². The average Bonchev–Trinajstić information content (AvgIpc) is 2.81. The van der Waals surface area contributed by atoms with Crippen molar-refractivity contribution in [2.24, 2.45) is 0 Å². The Kier molecular flexibility index (Phi) is 7.93. The standard InChI is InChI=1S/C25H26ClNO4/c1-3-31-25(29)24(28)23(19-7-5-4-6-8-19)27(17-18-9-11-20(26)12-10-18)21-13-15-22(30-2)16-14-21/h4-16,23-24,28H,3,17H2,1-2H3/t23-,24+/m0/s1. The number of hydrogen-bond acceptors (Lipinski definition) is 5. The predicted molar refractivity (Wildman–Crippen MR) is 122 cm³/mol. The van der Waals surface area contributed by atoms with Gasteiger partial charge in [-0.1, -0.05) is 54.1 Å². The van der Waals surface area contributed by atoms with Crippen LogP contribution in [0.4, 0.5) is 5.69 Å². The van der Waals surface area contributed by atoms with E-state index in [1.165, 1.54) is 0 Å². The number of halogens is 1. The first-order valence-electron chi connectivity index (χ1n) is 10.1. The van der Waals surface area contributed by atoms with Crippen LogP contribution in [0, 0.1) is 0 Å². The number of methoxy groups -OCH3 is 1. The number of esters is 1. The van der Waals surface area contributed by atoms with Crippen LogP contribution in [0.15, 0.2) is 78.9 Å². The minimum absolute atomic E-state index is 0.192. The van der Waals surface area contributed by atoms with Crippen molar-refractivity contribution in [3.63, 3.8) is 0 Å². The van der Waals surface area contributed by atoms with Crippen molar-refractivity contribution in [1.82, 2.24) is 0 Å². The second kappa shape index (κ2) is 10.8. The summed E-state index contributed by atoms with van der Waals surface area (Å²) in [4.78, 5) is 14.5. The summed E-state index contributed by atoms with van der Waals surface area (Å²) in [7, 11) is 1.61. The molecule has 0 radical (unpaired) electrons. The summed E-state index contributed by atoms with van der Waals surface area (Å²) >= 11 is 6.06. The van der Waals surface area contributed by atoms with Gasteiger partial charge in [0, 0.05) is 17.3 Å². The Balaban J connectivity index is 2.08. The maximum atomic E-state index is 12.6. The molecule has 0 amide bonds. The Bertz CT molecular complexity index is 961. The molecule has 2 atom stereocenters. The molecule has 0 bridgehead atoms. The van der Waals surface area contributed by atoms with E-state index >= 15 is 0 Å². The van der Waals surface area contributed by atoms with Crippen molar-refractivity contribution in [2.75, 3.05) is 18.6 Å². The summed E-state index contributed by atoms with van der Waals surface area (Å²) in [5.41, 5.74) is 2.61. The van der Waals surface area contributed by atoms with Gasteiger partial charge in [0.05, 0.1) is 19.8 Å². The maximum absolute atomic E-state index is 12.6. The highest BCUT2D eigenvalue weighted by atomic mass is 35.5. The van der Waals surface area contributed by atoms with Crippen molar-refractivity contribution < 1.29 is 19.4 Å². The van der Waals surface area contributed by atoms with Gasteiger partial charge >= 0.3 is 5.97 Å². The quantitative estimate of drug-likeness (QED) is 0.474. The van der Waals surface area contributed by atoms with E-state index < -0.39 is 18.1 Å². The van der Waals surface area contributed by atoms with Gasteiger partial charge in [-0.2, -0.15) is 0 Å². The molecule has 0 aromatic heterocycles. The fraction of sp³-hybridized carbons (Fsp3) is 0.240. The molecule has 6 heteroatoms. The minimum atomic E-state index is -1.38. The molecule has 0 heterocycles. The van der Waals surface area contributed by atoms with Crippen LogP contribution < -0.4 is 9.64 Å². The molecule has 31 heavy (non-hydrogen) atoms. The van der Waals surface area contributed by atoms with Gasteiger partial charge in [-0.3, -0.25) is 0 Å². The Labute approximate surface area is 187 Å². The van der Waals surface area contributed by atoms with Gasteiger partial charge in [-0.25, -0.2) is 4.79 Å². The molecular weight excluding hydrogens is 414 g/mol. The number of ether oxygens (including phenoxy) is 2. The molecule has 0 spiro atoms. The van der Waals surface area contributed by atoms with E-state index in [0.717, 1.165) is 22.6 Å². The van der Waals surface area contributed by atoms with Crippen LogP contribution in [-0.2, 0) is 16.1 Å². The molecule has 162 valence electrons. The van der Waals surface area contributed by atoms with E-state index in [2.05, 4.69) is 0 Å². The summed E-state index contributed by atoms with van der Waals surface area (Å²) in [5, 5.41) is 11.7. The molecule has 0 fully saturated rings.